The molecule has 0 unspecified atom stereocenters. The maximum atomic E-state index is 6.24. The summed E-state index contributed by atoms with van der Waals surface area (Å²) in [7, 11) is 0. The quantitative estimate of drug-likeness (QED) is 0.120. The molecule has 0 amide bonds. The molecule has 0 radical (unpaired) electrons. The highest BCUT2D eigenvalue weighted by atomic mass is 16.3. The average molecular weight is 874 g/mol. The molecule has 0 aliphatic heterocycles. The number of para-hydroxylation sites is 2. The third kappa shape index (κ3) is 9.40. The van der Waals surface area contributed by atoms with Crippen LogP contribution in [0.15, 0.2) is 224 Å². The molecule has 1 aliphatic carbocycles. The Morgan fingerprint density at radius 3 is 1.75 bits per heavy atom. The lowest BCUT2D eigenvalue weighted by atomic mass is 9.67. The second-order valence-corrected chi connectivity index (χ2v) is 17.2. The Balaban J connectivity index is 0.000000331. The molecule has 2 nitrogen and oxygen atoms in total. The van der Waals surface area contributed by atoms with Gasteiger partial charge in [0.2, 0.25) is 0 Å². The summed E-state index contributed by atoms with van der Waals surface area (Å²) in [5.41, 5.74) is 16.7. The lowest BCUT2D eigenvalue weighted by Crippen LogP contribution is -2.31. The lowest BCUT2D eigenvalue weighted by molar-refractivity contribution is 0.577. The first-order valence-corrected chi connectivity index (χ1v) is 23.4. The van der Waals surface area contributed by atoms with Crippen LogP contribution in [0.1, 0.15) is 78.6 Å². The Bertz CT molecular complexity index is 3130. The van der Waals surface area contributed by atoms with Gasteiger partial charge in [0.25, 0.3) is 0 Å². The third-order valence-electron chi connectivity index (χ3n) is 12.5. The molecule has 67 heavy (non-hydrogen) atoms. The van der Waals surface area contributed by atoms with E-state index in [0.29, 0.717) is 11.3 Å². The minimum absolute atomic E-state index is 0.582. The summed E-state index contributed by atoms with van der Waals surface area (Å²) >= 11 is 0. The molecule has 1 aromatic heterocycles. The predicted octanol–water partition coefficient (Wildman–Crippen LogP) is 16.5. The van der Waals surface area contributed by atoms with Gasteiger partial charge in [-0.25, -0.2) is 0 Å². The summed E-state index contributed by atoms with van der Waals surface area (Å²) in [5.74, 6) is 0.663. The van der Waals surface area contributed by atoms with Gasteiger partial charge in [0.05, 0.1) is 22.0 Å². The third-order valence-corrected chi connectivity index (χ3v) is 12.5. The van der Waals surface area contributed by atoms with Gasteiger partial charge in [0.1, 0.15) is 11.0 Å². The number of rotatable bonds is 11. The zero-order chi connectivity index (χ0) is 47.5. The topological polar surface area (TPSA) is 16.4 Å². The predicted molar refractivity (Wildman–Crippen MR) is 291 cm³/mol. The standard InChI is InChI=1S/C48H37NO.C10H18.C7H8/c1-6-37-38(7-2)47-39-29-28-32(4)30-41(39)48(34-20-12-9-13-21-34,35-22-14-10-15-23-35)42(47)31-44(37)49(36-24-16-11-17-25-36)43(8-3)46-33(5)50-45-27-19-18-26-40(45)46;1-5-7-10(8-6-2)9(3)4;1-7-5-3-2-4-6-7/h6-31H,1-3,5H2,4H3;5,7-9H,6H2,1-4H3;2-6H,1H3/b46-43-;7-5-,10-8+;. The van der Waals surface area contributed by atoms with Gasteiger partial charge >= 0.3 is 0 Å². The minimum Gasteiger partial charge on any atom is -0.457 e. The summed E-state index contributed by atoms with van der Waals surface area (Å²) in [4.78, 5) is 2.28. The van der Waals surface area contributed by atoms with E-state index in [1.54, 1.807) is 0 Å². The van der Waals surface area contributed by atoms with E-state index in [9.17, 15) is 0 Å². The summed E-state index contributed by atoms with van der Waals surface area (Å²) in [6.45, 7) is 30.5. The van der Waals surface area contributed by atoms with Crippen molar-refractivity contribution in [2.24, 2.45) is 5.92 Å². The van der Waals surface area contributed by atoms with Gasteiger partial charge in [-0.2, -0.15) is 0 Å². The molecule has 0 N–H and O–H groups in total. The summed E-state index contributed by atoms with van der Waals surface area (Å²) in [5, 5.41) is 1.87. The lowest BCUT2D eigenvalue weighted by Gasteiger charge is -2.36. The maximum Gasteiger partial charge on any atom is 0.135 e. The van der Waals surface area contributed by atoms with Gasteiger partial charge in [-0.15, -0.1) is 0 Å². The Morgan fingerprint density at radius 1 is 0.657 bits per heavy atom. The normalized spacial score (nSPS) is 12.9. The van der Waals surface area contributed by atoms with Crippen molar-refractivity contribution in [2.75, 3.05) is 4.90 Å². The first-order valence-electron chi connectivity index (χ1n) is 23.4. The monoisotopic (exact) mass is 873 g/mol. The highest BCUT2D eigenvalue weighted by Crippen LogP contribution is 2.59. The molecule has 334 valence electrons. The van der Waals surface area contributed by atoms with E-state index in [1.165, 1.54) is 50.1 Å². The fourth-order valence-corrected chi connectivity index (χ4v) is 9.52. The van der Waals surface area contributed by atoms with Crippen LogP contribution in [0.5, 0.6) is 0 Å². The van der Waals surface area contributed by atoms with Crippen molar-refractivity contribution in [1.82, 2.24) is 0 Å². The number of benzene rings is 7. The first kappa shape index (κ1) is 47.3. The van der Waals surface area contributed by atoms with Crippen LogP contribution in [0.2, 0.25) is 0 Å². The summed E-state index contributed by atoms with van der Waals surface area (Å²) in [6.07, 6.45) is 13.6. The highest BCUT2D eigenvalue weighted by Gasteiger charge is 2.48. The largest absolute Gasteiger partial charge is 0.457 e. The van der Waals surface area contributed by atoms with Crippen LogP contribution in [0, 0.1) is 19.8 Å². The van der Waals surface area contributed by atoms with Crippen LogP contribution >= 0.6 is 0 Å². The Kier molecular flexibility index (Phi) is 15.2. The van der Waals surface area contributed by atoms with Gasteiger partial charge in [-0.3, -0.25) is 0 Å². The van der Waals surface area contributed by atoms with Gasteiger partial charge < -0.3 is 9.32 Å². The van der Waals surface area contributed by atoms with Crippen molar-refractivity contribution in [3.63, 3.8) is 0 Å². The van der Waals surface area contributed by atoms with Gasteiger partial charge in [-0.05, 0) is 108 Å². The number of hydrogen-bond donors (Lipinski definition) is 0. The molecular formula is C65H63NO. The van der Waals surface area contributed by atoms with Crippen LogP contribution in [-0.4, -0.2) is 0 Å². The maximum absolute atomic E-state index is 6.24. The van der Waals surface area contributed by atoms with Gasteiger partial charge in [0.15, 0.2) is 0 Å². The number of allylic oxidation sites excluding steroid dienone is 4. The van der Waals surface area contributed by atoms with Crippen molar-refractivity contribution in [2.45, 2.75) is 53.4 Å². The second-order valence-electron chi connectivity index (χ2n) is 17.2. The van der Waals surface area contributed by atoms with E-state index in [4.69, 9.17) is 4.42 Å². The average Bonchev–Trinajstić information content (AvgIpc) is 3.84. The van der Waals surface area contributed by atoms with E-state index in [-0.39, 0.29) is 0 Å². The molecule has 8 aromatic rings. The molecule has 0 spiro atoms. The number of fused-ring (bicyclic) bond motifs is 4. The zero-order valence-corrected chi connectivity index (χ0v) is 40.1. The number of furan rings is 1. The number of nitrogens with zero attached hydrogens (tertiary/aromatic N) is 1. The first-order chi connectivity index (χ1) is 32.6. The van der Waals surface area contributed by atoms with Crippen molar-refractivity contribution < 1.29 is 4.42 Å². The number of aryl methyl sites for hydroxylation is 2. The zero-order valence-electron chi connectivity index (χ0n) is 40.1. The van der Waals surface area contributed by atoms with Crippen molar-refractivity contribution in [3.05, 3.63) is 275 Å². The molecule has 0 saturated heterocycles. The fraction of sp³-hybridized carbons (Fsp3) is 0.138. The van der Waals surface area contributed by atoms with Crippen molar-refractivity contribution in [1.29, 1.82) is 0 Å². The van der Waals surface area contributed by atoms with E-state index >= 15 is 0 Å². The Morgan fingerprint density at radius 2 is 1.22 bits per heavy atom. The van der Waals surface area contributed by atoms with E-state index < -0.39 is 5.41 Å². The Labute approximate surface area is 399 Å². The molecule has 7 aromatic carbocycles. The van der Waals surface area contributed by atoms with Crippen LogP contribution in [0.3, 0.4) is 0 Å². The molecule has 1 aliphatic rings. The SMILES string of the molecule is C/C=C\C(=C/CC)C(C)C.C=C/C(=c1\c(=C)oc2ccccc12)N(c1ccccc1)c1cc2c(c(C=C)c1C=C)-c1ccc(C)cc1C2(c1ccccc1)c1ccccc1.Cc1ccccc1. The highest BCUT2D eigenvalue weighted by molar-refractivity contribution is 6.00. The van der Waals surface area contributed by atoms with Gasteiger partial charge in [-0.1, -0.05) is 234 Å². The van der Waals surface area contributed by atoms with Crippen LogP contribution in [-0.2, 0) is 5.41 Å². The van der Waals surface area contributed by atoms with Crippen LogP contribution in [0.25, 0.3) is 46.5 Å². The second kappa shape index (κ2) is 21.5. The van der Waals surface area contributed by atoms with E-state index in [0.717, 1.165) is 50.8 Å². The minimum atomic E-state index is -0.609. The van der Waals surface area contributed by atoms with Gasteiger partial charge in [0, 0.05) is 16.6 Å². The van der Waals surface area contributed by atoms with Crippen molar-refractivity contribution in [3.8, 4) is 11.1 Å². The van der Waals surface area contributed by atoms with Crippen molar-refractivity contribution >= 4 is 46.8 Å². The van der Waals surface area contributed by atoms with Crippen LogP contribution < -0.4 is 15.5 Å². The summed E-state index contributed by atoms with van der Waals surface area (Å²) < 4.78 is 6.24. The van der Waals surface area contributed by atoms with Crippen LogP contribution in [0.4, 0.5) is 11.4 Å². The molecule has 0 saturated carbocycles. The molecule has 1 heterocycles. The van der Waals surface area contributed by atoms with E-state index in [2.05, 4.69) is 218 Å². The van der Waals surface area contributed by atoms with E-state index in [1.807, 2.05) is 60.7 Å². The number of anilines is 2. The molecular weight excluding hydrogens is 811 g/mol. The molecule has 0 atom stereocenters. The fourth-order valence-electron chi connectivity index (χ4n) is 9.52. The molecule has 0 fully saturated rings. The smallest absolute Gasteiger partial charge is 0.135 e. The molecule has 0 bridgehead atoms. The Hall–Kier alpha value is -7.68. The summed E-state index contributed by atoms with van der Waals surface area (Å²) in [6, 6.07) is 59.7. The molecule has 2 heteroatoms. The molecule has 9 rings (SSSR count). The number of hydrogen-bond acceptors (Lipinski definition) is 2.